The van der Waals surface area contributed by atoms with Gasteiger partial charge in [0, 0.05) is 31.2 Å². The van der Waals surface area contributed by atoms with Gasteiger partial charge >= 0.3 is 0 Å². The van der Waals surface area contributed by atoms with E-state index in [0.717, 1.165) is 32.1 Å². The van der Waals surface area contributed by atoms with Gasteiger partial charge in [-0.15, -0.1) is 0 Å². The van der Waals surface area contributed by atoms with Crippen LogP contribution in [0.1, 0.15) is 12.8 Å². The highest BCUT2D eigenvalue weighted by Crippen LogP contribution is 2.39. The number of anilines is 2. The molecule has 0 aliphatic carbocycles. The standard InChI is InChI=1S/C11H16N4O/c12-9-5-10(14-8-13-9)15-3-1-11(6-15)2-4-16-7-11/h5,8H,1-4,6-7H2,(H2,12,13,14). The van der Waals surface area contributed by atoms with Gasteiger partial charge in [-0.3, -0.25) is 0 Å². The summed E-state index contributed by atoms with van der Waals surface area (Å²) in [5.41, 5.74) is 6.03. The molecule has 1 atom stereocenters. The minimum absolute atomic E-state index is 0.361. The lowest BCUT2D eigenvalue weighted by atomic mass is 9.87. The van der Waals surface area contributed by atoms with Crippen LogP contribution in [0.25, 0.3) is 0 Å². The number of ether oxygens (including phenoxy) is 1. The Kier molecular flexibility index (Phi) is 2.21. The van der Waals surface area contributed by atoms with E-state index in [1.165, 1.54) is 19.2 Å². The molecule has 2 N–H and O–H groups in total. The van der Waals surface area contributed by atoms with Crippen molar-refractivity contribution in [3.8, 4) is 0 Å². The highest BCUT2D eigenvalue weighted by Gasteiger charge is 2.41. The first-order valence-electron chi connectivity index (χ1n) is 5.68. The zero-order valence-electron chi connectivity index (χ0n) is 9.22. The third-order valence-electron chi connectivity index (χ3n) is 3.62. The van der Waals surface area contributed by atoms with Crippen molar-refractivity contribution >= 4 is 11.6 Å². The predicted molar refractivity (Wildman–Crippen MR) is 61.1 cm³/mol. The van der Waals surface area contributed by atoms with Crippen LogP contribution in [0, 0.1) is 5.41 Å². The molecular weight excluding hydrogens is 204 g/mol. The SMILES string of the molecule is Nc1cc(N2CCC3(CCOC3)C2)ncn1. The van der Waals surface area contributed by atoms with E-state index in [1.807, 2.05) is 6.07 Å². The summed E-state index contributed by atoms with van der Waals surface area (Å²) in [6.45, 7) is 3.87. The smallest absolute Gasteiger partial charge is 0.134 e. The molecule has 1 unspecified atom stereocenters. The number of nitrogens with two attached hydrogens (primary N) is 1. The van der Waals surface area contributed by atoms with Crippen LogP contribution in [-0.2, 0) is 4.74 Å². The molecule has 5 nitrogen and oxygen atoms in total. The summed E-state index contributed by atoms with van der Waals surface area (Å²) >= 11 is 0. The summed E-state index contributed by atoms with van der Waals surface area (Å²) in [5, 5.41) is 0. The maximum absolute atomic E-state index is 5.67. The van der Waals surface area contributed by atoms with Gasteiger partial charge < -0.3 is 15.4 Å². The van der Waals surface area contributed by atoms with Crippen LogP contribution < -0.4 is 10.6 Å². The van der Waals surface area contributed by atoms with E-state index in [1.54, 1.807) is 0 Å². The Morgan fingerprint density at radius 3 is 3.06 bits per heavy atom. The molecule has 1 spiro atoms. The lowest BCUT2D eigenvalue weighted by molar-refractivity contribution is 0.160. The third kappa shape index (κ3) is 1.61. The second-order valence-electron chi connectivity index (χ2n) is 4.78. The van der Waals surface area contributed by atoms with Crippen molar-refractivity contribution in [2.45, 2.75) is 12.8 Å². The molecule has 2 aliphatic heterocycles. The molecule has 5 heteroatoms. The summed E-state index contributed by atoms with van der Waals surface area (Å²) < 4.78 is 5.51. The molecule has 3 rings (SSSR count). The predicted octanol–water partition coefficient (Wildman–Crippen LogP) is 0.676. The average molecular weight is 220 g/mol. The summed E-state index contributed by atoms with van der Waals surface area (Å²) in [6, 6.07) is 1.84. The Balaban J connectivity index is 1.78. The topological polar surface area (TPSA) is 64.3 Å². The van der Waals surface area contributed by atoms with Crippen LogP contribution >= 0.6 is 0 Å². The van der Waals surface area contributed by atoms with Gasteiger partial charge in [-0.1, -0.05) is 0 Å². The summed E-state index contributed by atoms with van der Waals surface area (Å²) in [7, 11) is 0. The molecule has 0 aromatic carbocycles. The van der Waals surface area contributed by atoms with Crippen molar-refractivity contribution in [1.82, 2.24) is 9.97 Å². The van der Waals surface area contributed by atoms with Crippen molar-refractivity contribution in [3.05, 3.63) is 12.4 Å². The Morgan fingerprint density at radius 1 is 1.38 bits per heavy atom. The normalized spacial score (nSPS) is 29.1. The maximum atomic E-state index is 5.67. The number of hydrogen-bond donors (Lipinski definition) is 1. The first-order valence-corrected chi connectivity index (χ1v) is 5.68. The fourth-order valence-corrected chi connectivity index (χ4v) is 2.64. The van der Waals surface area contributed by atoms with E-state index in [2.05, 4.69) is 14.9 Å². The van der Waals surface area contributed by atoms with Crippen molar-refractivity contribution in [3.63, 3.8) is 0 Å². The van der Waals surface area contributed by atoms with Crippen molar-refractivity contribution in [1.29, 1.82) is 0 Å². The van der Waals surface area contributed by atoms with Crippen LogP contribution in [0.3, 0.4) is 0 Å². The van der Waals surface area contributed by atoms with E-state index in [-0.39, 0.29) is 0 Å². The minimum atomic E-state index is 0.361. The average Bonchev–Trinajstić information content (AvgIpc) is 2.90. The number of nitrogens with zero attached hydrogens (tertiary/aromatic N) is 3. The van der Waals surface area contributed by atoms with Crippen molar-refractivity contribution < 1.29 is 4.74 Å². The van der Waals surface area contributed by atoms with Crippen LogP contribution in [0.4, 0.5) is 11.6 Å². The summed E-state index contributed by atoms with van der Waals surface area (Å²) in [5.74, 6) is 1.48. The number of hydrogen-bond acceptors (Lipinski definition) is 5. The quantitative estimate of drug-likeness (QED) is 0.753. The van der Waals surface area contributed by atoms with Gasteiger partial charge in [-0.05, 0) is 12.8 Å². The summed E-state index contributed by atoms with van der Waals surface area (Å²) in [6.07, 6.45) is 3.89. The van der Waals surface area contributed by atoms with Crippen molar-refractivity contribution in [2.75, 3.05) is 36.9 Å². The highest BCUT2D eigenvalue weighted by atomic mass is 16.5. The molecule has 2 fully saturated rings. The minimum Gasteiger partial charge on any atom is -0.384 e. The monoisotopic (exact) mass is 220 g/mol. The Labute approximate surface area is 94.6 Å². The zero-order chi connectivity index (χ0) is 11.0. The van der Waals surface area contributed by atoms with Gasteiger partial charge in [-0.2, -0.15) is 0 Å². The lowest BCUT2D eigenvalue weighted by Crippen LogP contribution is -2.28. The Bertz CT molecular complexity index is 389. The van der Waals surface area contributed by atoms with Crippen LogP contribution in [0.2, 0.25) is 0 Å². The molecule has 0 saturated carbocycles. The van der Waals surface area contributed by atoms with E-state index < -0.39 is 0 Å². The Hall–Kier alpha value is -1.36. The van der Waals surface area contributed by atoms with Crippen LogP contribution in [0.15, 0.2) is 12.4 Å². The second-order valence-corrected chi connectivity index (χ2v) is 4.78. The highest BCUT2D eigenvalue weighted by molar-refractivity contribution is 5.47. The lowest BCUT2D eigenvalue weighted by Gasteiger charge is -2.22. The molecule has 0 bridgehead atoms. The first kappa shape index (κ1) is 9.84. The number of aromatic nitrogens is 2. The molecule has 3 heterocycles. The molecule has 0 radical (unpaired) electrons. The molecule has 16 heavy (non-hydrogen) atoms. The van der Waals surface area contributed by atoms with Crippen LogP contribution in [0.5, 0.6) is 0 Å². The van der Waals surface area contributed by atoms with Gasteiger partial charge in [-0.25, -0.2) is 9.97 Å². The molecule has 86 valence electrons. The van der Waals surface area contributed by atoms with E-state index in [4.69, 9.17) is 10.5 Å². The van der Waals surface area contributed by atoms with E-state index in [0.29, 0.717) is 11.2 Å². The molecule has 1 aromatic heterocycles. The first-order chi connectivity index (χ1) is 7.77. The van der Waals surface area contributed by atoms with E-state index in [9.17, 15) is 0 Å². The largest absolute Gasteiger partial charge is 0.384 e. The number of nitrogen functional groups attached to an aromatic ring is 1. The molecular formula is C11H16N4O. The van der Waals surface area contributed by atoms with Gasteiger partial charge in [0.15, 0.2) is 0 Å². The second kappa shape index (κ2) is 3.59. The molecule has 0 amide bonds. The molecule has 2 aliphatic rings. The Morgan fingerprint density at radius 2 is 2.31 bits per heavy atom. The molecule has 1 aromatic rings. The van der Waals surface area contributed by atoms with Gasteiger partial charge in [0.25, 0.3) is 0 Å². The van der Waals surface area contributed by atoms with Crippen molar-refractivity contribution in [2.24, 2.45) is 5.41 Å². The fourth-order valence-electron chi connectivity index (χ4n) is 2.64. The third-order valence-corrected chi connectivity index (χ3v) is 3.62. The van der Waals surface area contributed by atoms with Crippen LogP contribution in [-0.4, -0.2) is 36.3 Å². The van der Waals surface area contributed by atoms with Gasteiger partial charge in [0.1, 0.15) is 18.0 Å². The zero-order valence-corrected chi connectivity index (χ0v) is 9.22. The molecule has 2 saturated heterocycles. The van der Waals surface area contributed by atoms with Gasteiger partial charge in [0.05, 0.1) is 6.61 Å². The fraction of sp³-hybridized carbons (Fsp3) is 0.636. The maximum Gasteiger partial charge on any atom is 0.134 e. The summed E-state index contributed by atoms with van der Waals surface area (Å²) in [4.78, 5) is 10.5. The van der Waals surface area contributed by atoms with E-state index >= 15 is 0 Å². The van der Waals surface area contributed by atoms with Gasteiger partial charge in [0.2, 0.25) is 0 Å². The number of rotatable bonds is 1.